The van der Waals surface area contributed by atoms with E-state index in [4.69, 9.17) is 11.6 Å². The van der Waals surface area contributed by atoms with Crippen LogP contribution in [0.1, 0.15) is 17.5 Å². The van der Waals surface area contributed by atoms with E-state index >= 15 is 0 Å². The summed E-state index contributed by atoms with van der Waals surface area (Å²) in [5.74, 6) is -1.05. The Balaban J connectivity index is 1.57. The van der Waals surface area contributed by atoms with Crippen LogP contribution < -0.4 is 4.90 Å². The molecule has 1 atom stereocenters. The molecule has 1 aliphatic heterocycles. The second-order valence-corrected chi connectivity index (χ2v) is 11.1. The van der Waals surface area contributed by atoms with Crippen LogP contribution in [0.3, 0.4) is 0 Å². The third-order valence-electron chi connectivity index (χ3n) is 6.34. The number of amides is 2. The van der Waals surface area contributed by atoms with E-state index in [1.54, 1.807) is 36.4 Å². The molecule has 1 heterocycles. The summed E-state index contributed by atoms with van der Waals surface area (Å²) in [6, 6.07) is 24.9. The molecule has 4 aromatic carbocycles. The molecule has 0 aromatic heterocycles. The molecule has 2 amide bonds. The van der Waals surface area contributed by atoms with Crippen molar-refractivity contribution in [1.82, 2.24) is 4.31 Å². The van der Waals surface area contributed by atoms with Crippen LogP contribution in [0.5, 0.6) is 0 Å². The van der Waals surface area contributed by atoms with Gasteiger partial charge < -0.3 is 0 Å². The number of rotatable bonds is 6. The van der Waals surface area contributed by atoms with Crippen LogP contribution >= 0.6 is 11.6 Å². The van der Waals surface area contributed by atoms with Crippen LogP contribution in [0.2, 0.25) is 5.02 Å². The fraction of sp³-hybridized carbons (Fsp3) is 0.143. The lowest BCUT2D eigenvalue weighted by atomic mass is 10.1. The summed E-state index contributed by atoms with van der Waals surface area (Å²) in [7, 11) is -4.14. The Morgan fingerprint density at radius 2 is 1.56 bits per heavy atom. The Hall–Kier alpha value is -3.52. The number of carbonyl (C=O) groups is 2. The van der Waals surface area contributed by atoms with Gasteiger partial charge in [0.1, 0.15) is 6.04 Å². The first-order valence-corrected chi connectivity index (χ1v) is 13.2. The van der Waals surface area contributed by atoms with Crippen molar-refractivity contribution in [2.24, 2.45) is 0 Å². The SMILES string of the molecule is Cc1ccc(CN(C2CC(=O)N(c3ccc(Cl)cc3)C2=O)S(=O)(=O)c2ccc3ccccc3c2)cc1. The van der Waals surface area contributed by atoms with Gasteiger partial charge in [-0.1, -0.05) is 71.8 Å². The molecule has 5 rings (SSSR count). The minimum absolute atomic E-state index is 0.0480. The van der Waals surface area contributed by atoms with Crippen LogP contribution in [-0.2, 0) is 26.2 Å². The Kier molecular flexibility index (Phi) is 6.38. The van der Waals surface area contributed by atoms with Crippen molar-refractivity contribution in [3.05, 3.63) is 107 Å². The van der Waals surface area contributed by atoms with Crippen molar-refractivity contribution in [2.75, 3.05) is 4.90 Å². The Labute approximate surface area is 214 Å². The predicted molar refractivity (Wildman–Crippen MR) is 140 cm³/mol. The van der Waals surface area contributed by atoms with Crippen molar-refractivity contribution < 1.29 is 18.0 Å². The number of fused-ring (bicyclic) bond motifs is 1. The van der Waals surface area contributed by atoms with Gasteiger partial charge in [0.25, 0.3) is 5.91 Å². The molecule has 0 N–H and O–H groups in total. The lowest BCUT2D eigenvalue weighted by molar-refractivity contribution is -0.122. The van der Waals surface area contributed by atoms with E-state index < -0.39 is 27.9 Å². The average molecular weight is 519 g/mol. The fourth-order valence-corrected chi connectivity index (χ4v) is 6.13. The summed E-state index contributed by atoms with van der Waals surface area (Å²) in [6.07, 6.45) is -0.250. The molecule has 36 heavy (non-hydrogen) atoms. The van der Waals surface area contributed by atoms with Gasteiger partial charge in [-0.15, -0.1) is 0 Å². The highest BCUT2D eigenvalue weighted by molar-refractivity contribution is 7.89. The maximum Gasteiger partial charge on any atom is 0.252 e. The standard InChI is InChI=1S/C28H23ClN2O4S/c1-19-6-8-20(9-7-19)18-30(36(34,35)25-15-10-21-4-2-3-5-22(21)16-25)26-17-27(32)31(28(26)33)24-13-11-23(29)12-14-24/h2-16,26H,17-18H2,1H3. The lowest BCUT2D eigenvalue weighted by Gasteiger charge is -2.27. The summed E-state index contributed by atoms with van der Waals surface area (Å²) >= 11 is 5.96. The molecule has 6 nitrogen and oxygen atoms in total. The molecule has 8 heteroatoms. The molecular formula is C28H23ClN2O4S. The first kappa shape index (κ1) is 24.2. The topological polar surface area (TPSA) is 74.8 Å². The van der Waals surface area contributed by atoms with Crippen molar-refractivity contribution in [3.8, 4) is 0 Å². The normalized spacial score (nSPS) is 16.3. The van der Waals surface area contributed by atoms with Crippen molar-refractivity contribution in [2.45, 2.75) is 30.8 Å². The highest BCUT2D eigenvalue weighted by Crippen LogP contribution is 2.32. The van der Waals surface area contributed by atoms with Crippen LogP contribution in [-0.4, -0.2) is 30.6 Å². The molecule has 0 spiro atoms. The van der Waals surface area contributed by atoms with Gasteiger partial charge >= 0.3 is 0 Å². The zero-order valence-electron chi connectivity index (χ0n) is 19.5. The fourth-order valence-electron chi connectivity index (χ4n) is 4.40. The summed E-state index contributed by atoms with van der Waals surface area (Å²) in [6.45, 7) is 1.89. The Bertz CT molecular complexity index is 1570. The summed E-state index contributed by atoms with van der Waals surface area (Å²) in [5.41, 5.74) is 2.11. The molecule has 1 saturated heterocycles. The highest BCUT2D eigenvalue weighted by atomic mass is 35.5. The van der Waals surface area contributed by atoms with Crippen molar-refractivity contribution in [1.29, 1.82) is 0 Å². The molecular weight excluding hydrogens is 496 g/mol. The van der Waals surface area contributed by atoms with E-state index in [1.807, 2.05) is 55.5 Å². The summed E-state index contributed by atoms with van der Waals surface area (Å²) < 4.78 is 29.2. The number of halogens is 1. The number of sulfonamides is 1. The minimum atomic E-state index is -4.14. The van der Waals surface area contributed by atoms with E-state index in [9.17, 15) is 18.0 Å². The van der Waals surface area contributed by atoms with Gasteiger partial charge in [-0.25, -0.2) is 13.3 Å². The molecule has 0 radical (unpaired) electrons. The number of nitrogens with zero attached hydrogens (tertiary/aromatic N) is 2. The smallest absolute Gasteiger partial charge is 0.252 e. The van der Waals surface area contributed by atoms with Gasteiger partial charge in [0.2, 0.25) is 15.9 Å². The van der Waals surface area contributed by atoms with Crippen LogP contribution in [0.15, 0.2) is 95.9 Å². The van der Waals surface area contributed by atoms with Gasteiger partial charge in [-0.05, 0) is 59.7 Å². The van der Waals surface area contributed by atoms with Crippen LogP contribution in [0.4, 0.5) is 5.69 Å². The Morgan fingerprint density at radius 3 is 2.25 bits per heavy atom. The maximum atomic E-state index is 14.0. The predicted octanol–water partition coefficient (Wildman–Crippen LogP) is 5.32. The van der Waals surface area contributed by atoms with Crippen LogP contribution in [0, 0.1) is 6.92 Å². The second-order valence-electron chi connectivity index (χ2n) is 8.81. The van der Waals surface area contributed by atoms with E-state index in [0.29, 0.717) is 10.7 Å². The average Bonchev–Trinajstić information content (AvgIpc) is 3.17. The Morgan fingerprint density at radius 1 is 0.889 bits per heavy atom. The number of imide groups is 1. The van der Waals surface area contributed by atoms with Gasteiger partial charge in [-0.3, -0.25) is 9.59 Å². The third kappa shape index (κ3) is 4.53. The molecule has 0 bridgehead atoms. The molecule has 182 valence electrons. The molecule has 0 saturated carbocycles. The first-order chi connectivity index (χ1) is 17.2. The number of anilines is 1. The molecule has 4 aromatic rings. The van der Waals surface area contributed by atoms with Crippen LogP contribution in [0.25, 0.3) is 10.8 Å². The number of carbonyl (C=O) groups excluding carboxylic acids is 2. The van der Waals surface area contributed by atoms with E-state index in [-0.39, 0.29) is 17.9 Å². The van der Waals surface area contributed by atoms with Gasteiger partial charge in [0, 0.05) is 11.6 Å². The second kappa shape index (κ2) is 9.50. The van der Waals surface area contributed by atoms with E-state index in [1.165, 1.54) is 6.07 Å². The minimum Gasteiger partial charge on any atom is -0.274 e. The number of benzene rings is 4. The molecule has 1 unspecified atom stereocenters. The van der Waals surface area contributed by atoms with Crippen molar-refractivity contribution in [3.63, 3.8) is 0 Å². The van der Waals surface area contributed by atoms with E-state index in [0.717, 1.165) is 31.1 Å². The quantitative estimate of drug-likeness (QED) is 0.324. The van der Waals surface area contributed by atoms with E-state index in [2.05, 4.69) is 0 Å². The molecule has 1 fully saturated rings. The zero-order chi connectivity index (χ0) is 25.4. The number of hydrogen-bond donors (Lipinski definition) is 0. The molecule has 0 aliphatic carbocycles. The zero-order valence-corrected chi connectivity index (χ0v) is 21.0. The number of hydrogen-bond acceptors (Lipinski definition) is 4. The number of aryl methyl sites for hydroxylation is 1. The maximum absolute atomic E-state index is 14.0. The van der Waals surface area contributed by atoms with Gasteiger partial charge in [0.05, 0.1) is 17.0 Å². The largest absolute Gasteiger partial charge is 0.274 e. The molecule has 1 aliphatic rings. The lowest BCUT2D eigenvalue weighted by Crippen LogP contribution is -2.45. The monoisotopic (exact) mass is 518 g/mol. The summed E-state index contributed by atoms with van der Waals surface area (Å²) in [5, 5.41) is 2.14. The summed E-state index contributed by atoms with van der Waals surface area (Å²) in [4.78, 5) is 27.6. The van der Waals surface area contributed by atoms with Gasteiger partial charge in [-0.2, -0.15) is 4.31 Å². The van der Waals surface area contributed by atoms with Crippen molar-refractivity contribution >= 4 is 49.9 Å². The third-order valence-corrected chi connectivity index (χ3v) is 8.44. The first-order valence-electron chi connectivity index (χ1n) is 11.4. The van der Waals surface area contributed by atoms with Gasteiger partial charge in [0.15, 0.2) is 0 Å². The highest BCUT2D eigenvalue weighted by Gasteiger charge is 2.47.